The normalized spacial score (nSPS) is 11.9. The number of nitrogens with zero attached hydrogens (tertiary/aromatic N) is 4. The molecular weight excluding hydrogens is 482 g/mol. The van der Waals surface area contributed by atoms with E-state index in [1.165, 1.54) is 0 Å². The van der Waals surface area contributed by atoms with Crippen molar-refractivity contribution in [2.45, 2.75) is 58.4 Å². The number of aryl methyl sites for hydroxylation is 2. The van der Waals surface area contributed by atoms with Crippen LogP contribution in [0.5, 0.6) is 0 Å². The van der Waals surface area contributed by atoms with Crippen LogP contribution in [0.1, 0.15) is 62.0 Å². The van der Waals surface area contributed by atoms with E-state index in [2.05, 4.69) is 15.3 Å². The number of carbonyl (C=O) groups is 1. The molecule has 0 aliphatic rings. The molecule has 10 nitrogen and oxygen atoms in total. The molecule has 4 aromatic rings. The largest absolute Gasteiger partial charge is 0.368 e. The van der Waals surface area contributed by atoms with Gasteiger partial charge in [0.15, 0.2) is 0 Å². The van der Waals surface area contributed by atoms with E-state index in [0.717, 1.165) is 29.7 Å². The van der Waals surface area contributed by atoms with Crippen LogP contribution in [0.25, 0.3) is 16.6 Å². The first kappa shape index (κ1) is 26.7. The van der Waals surface area contributed by atoms with Gasteiger partial charge in [-0.15, -0.1) is 0 Å². The van der Waals surface area contributed by atoms with Crippen molar-refractivity contribution >= 4 is 28.6 Å². The van der Waals surface area contributed by atoms with E-state index in [1.807, 2.05) is 62.4 Å². The lowest BCUT2D eigenvalue weighted by molar-refractivity contribution is -0.129. The number of fused-ring (bicyclic) bond motifs is 1. The molecule has 0 saturated carbocycles. The molecule has 2 aromatic carbocycles. The first-order valence-electron chi connectivity index (χ1n) is 12.8. The van der Waals surface area contributed by atoms with Crippen molar-refractivity contribution in [3.8, 4) is 5.69 Å². The van der Waals surface area contributed by atoms with E-state index in [-0.39, 0.29) is 24.0 Å². The lowest BCUT2D eigenvalue weighted by Gasteiger charge is -2.23. The highest BCUT2D eigenvalue weighted by Gasteiger charge is 2.22. The smallest absolute Gasteiger partial charge is 0.266 e. The molecular formula is C28H33N7O3. The molecule has 2 heterocycles. The molecule has 0 bridgehead atoms. The molecule has 2 aromatic heterocycles. The van der Waals surface area contributed by atoms with Crippen LogP contribution in [-0.2, 0) is 11.2 Å². The van der Waals surface area contributed by atoms with Gasteiger partial charge in [-0.25, -0.2) is 15.4 Å². The van der Waals surface area contributed by atoms with Gasteiger partial charge in [-0.2, -0.15) is 4.98 Å². The van der Waals surface area contributed by atoms with Crippen LogP contribution in [0.4, 0.5) is 11.8 Å². The van der Waals surface area contributed by atoms with Gasteiger partial charge in [0.05, 0.1) is 22.6 Å². The van der Waals surface area contributed by atoms with Crippen molar-refractivity contribution < 1.29 is 10.0 Å². The van der Waals surface area contributed by atoms with Crippen LogP contribution in [0.3, 0.4) is 0 Å². The zero-order valence-electron chi connectivity index (χ0n) is 21.6. The van der Waals surface area contributed by atoms with Gasteiger partial charge in [0.1, 0.15) is 11.6 Å². The SMILES string of the molecule is CC[C@H](Nc1nc(N)ncc1C)c1nc2cccc(CCCCCC(=O)NO)c2c(=O)n1-c1ccccc1. The number of hydrogen-bond donors (Lipinski definition) is 4. The molecule has 0 saturated heterocycles. The number of nitrogens with two attached hydrogens (primary N) is 1. The average molecular weight is 516 g/mol. The zero-order valence-corrected chi connectivity index (χ0v) is 21.6. The number of rotatable bonds is 11. The van der Waals surface area contributed by atoms with E-state index in [4.69, 9.17) is 15.9 Å². The van der Waals surface area contributed by atoms with Gasteiger partial charge >= 0.3 is 0 Å². The number of benzene rings is 2. The van der Waals surface area contributed by atoms with Gasteiger partial charge in [0, 0.05) is 18.2 Å². The van der Waals surface area contributed by atoms with Gasteiger partial charge < -0.3 is 11.1 Å². The summed E-state index contributed by atoms with van der Waals surface area (Å²) in [5.41, 5.74) is 10.5. The minimum atomic E-state index is -0.392. The Hall–Kier alpha value is -4.31. The van der Waals surface area contributed by atoms with E-state index in [1.54, 1.807) is 16.2 Å². The topological polar surface area (TPSA) is 148 Å². The second kappa shape index (κ2) is 12.3. The van der Waals surface area contributed by atoms with Crippen LogP contribution < -0.4 is 22.1 Å². The van der Waals surface area contributed by atoms with Gasteiger partial charge in [-0.1, -0.05) is 43.7 Å². The zero-order chi connectivity index (χ0) is 27.1. The van der Waals surface area contributed by atoms with Crippen LogP contribution >= 0.6 is 0 Å². The minimum absolute atomic E-state index is 0.134. The molecule has 0 spiro atoms. The third-order valence-electron chi connectivity index (χ3n) is 6.52. The van der Waals surface area contributed by atoms with Crippen molar-refractivity contribution in [3.63, 3.8) is 0 Å². The Morgan fingerprint density at radius 1 is 1.08 bits per heavy atom. The van der Waals surface area contributed by atoms with Crippen molar-refractivity contribution in [1.82, 2.24) is 25.0 Å². The molecule has 4 rings (SSSR count). The van der Waals surface area contributed by atoms with Crippen LogP contribution in [-0.4, -0.2) is 30.6 Å². The molecule has 0 aliphatic carbocycles. The molecule has 38 heavy (non-hydrogen) atoms. The number of nitrogen functional groups attached to an aromatic ring is 1. The Bertz CT molecular complexity index is 1470. The first-order valence-corrected chi connectivity index (χ1v) is 12.8. The minimum Gasteiger partial charge on any atom is -0.368 e. The molecule has 198 valence electrons. The first-order chi connectivity index (χ1) is 18.4. The number of carbonyl (C=O) groups excluding carboxylic acids is 1. The van der Waals surface area contributed by atoms with Crippen LogP contribution in [0.2, 0.25) is 0 Å². The number of para-hydroxylation sites is 1. The fourth-order valence-electron chi connectivity index (χ4n) is 4.53. The van der Waals surface area contributed by atoms with Crippen molar-refractivity contribution in [2.75, 3.05) is 11.1 Å². The predicted octanol–water partition coefficient (Wildman–Crippen LogP) is 4.24. The lowest BCUT2D eigenvalue weighted by Crippen LogP contribution is -2.29. The monoisotopic (exact) mass is 515 g/mol. The van der Waals surface area contributed by atoms with Crippen LogP contribution in [0, 0.1) is 6.92 Å². The van der Waals surface area contributed by atoms with Crippen molar-refractivity contribution in [3.05, 3.63) is 82.0 Å². The second-order valence-electron chi connectivity index (χ2n) is 9.22. The summed E-state index contributed by atoms with van der Waals surface area (Å²) in [6.07, 6.45) is 5.51. The molecule has 0 aliphatic heterocycles. The Morgan fingerprint density at radius 2 is 1.87 bits per heavy atom. The van der Waals surface area contributed by atoms with Crippen molar-refractivity contribution in [1.29, 1.82) is 0 Å². The highest BCUT2D eigenvalue weighted by atomic mass is 16.5. The Kier molecular flexibility index (Phi) is 8.65. The van der Waals surface area contributed by atoms with E-state index in [0.29, 0.717) is 41.8 Å². The van der Waals surface area contributed by atoms with E-state index >= 15 is 0 Å². The average Bonchev–Trinajstić information content (AvgIpc) is 2.93. The standard InChI is InChI=1S/C28H33N7O3/c1-3-21(31-25-18(2)17-30-28(29)33-25)26-32-22-15-10-12-19(11-6-4-9-16-23(36)34-38)24(22)27(37)35(26)20-13-7-5-8-14-20/h5,7-8,10,12-15,17,21,38H,3-4,6,9,11,16H2,1-2H3,(H,34,36)(H3,29,30,31,33)/t21-/m0/s1. The maximum Gasteiger partial charge on any atom is 0.266 e. The van der Waals surface area contributed by atoms with Gasteiger partial charge in [0.25, 0.3) is 5.56 Å². The molecule has 0 radical (unpaired) electrons. The second-order valence-corrected chi connectivity index (χ2v) is 9.22. The number of unbranched alkanes of at least 4 members (excludes halogenated alkanes) is 2. The highest BCUT2D eigenvalue weighted by molar-refractivity contribution is 5.82. The lowest BCUT2D eigenvalue weighted by atomic mass is 10.0. The molecule has 1 atom stereocenters. The molecule has 0 fully saturated rings. The van der Waals surface area contributed by atoms with Crippen molar-refractivity contribution in [2.24, 2.45) is 0 Å². The highest BCUT2D eigenvalue weighted by Crippen LogP contribution is 2.26. The van der Waals surface area contributed by atoms with Gasteiger partial charge in [-0.05, 0) is 56.4 Å². The van der Waals surface area contributed by atoms with E-state index in [9.17, 15) is 9.59 Å². The summed E-state index contributed by atoms with van der Waals surface area (Å²) in [7, 11) is 0. The summed E-state index contributed by atoms with van der Waals surface area (Å²) in [5.74, 6) is 0.958. The van der Waals surface area contributed by atoms with Gasteiger partial charge in [-0.3, -0.25) is 19.4 Å². The Balaban J connectivity index is 1.76. The summed E-state index contributed by atoms with van der Waals surface area (Å²) in [6, 6.07) is 14.9. The number of aromatic nitrogens is 4. The molecule has 5 N–H and O–H groups in total. The maximum absolute atomic E-state index is 14.2. The number of amides is 1. The van der Waals surface area contributed by atoms with E-state index < -0.39 is 5.91 Å². The Labute approximate surface area is 220 Å². The third kappa shape index (κ3) is 5.97. The summed E-state index contributed by atoms with van der Waals surface area (Å²) >= 11 is 0. The summed E-state index contributed by atoms with van der Waals surface area (Å²) < 4.78 is 1.68. The molecule has 10 heteroatoms. The van der Waals surface area contributed by atoms with Crippen LogP contribution in [0.15, 0.2) is 59.5 Å². The quantitative estimate of drug-likeness (QED) is 0.132. The number of hydrogen-bond acceptors (Lipinski definition) is 8. The number of nitrogens with one attached hydrogen (secondary N) is 2. The number of hydroxylamine groups is 1. The fourth-order valence-corrected chi connectivity index (χ4v) is 4.53. The summed E-state index contributed by atoms with van der Waals surface area (Å²) in [4.78, 5) is 38.8. The number of anilines is 2. The third-order valence-corrected chi connectivity index (χ3v) is 6.52. The maximum atomic E-state index is 14.2. The molecule has 1 amide bonds. The molecule has 0 unspecified atom stereocenters. The Morgan fingerprint density at radius 3 is 2.61 bits per heavy atom. The fraction of sp³-hybridized carbons (Fsp3) is 0.321. The predicted molar refractivity (Wildman–Crippen MR) is 147 cm³/mol. The summed E-state index contributed by atoms with van der Waals surface area (Å²) in [5, 5.41) is 12.7. The van der Waals surface area contributed by atoms with Gasteiger partial charge in [0.2, 0.25) is 11.9 Å². The summed E-state index contributed by atoms with van der Waals surface area (Å²) in [6.45, 7) is 3.92.